The topological polar surface area (TPSA) is 9.23 Å². The summed E-state index contributed by atoms with van der Waals surface area (Å²) >= 11 is 0. The Morgan fingerprint density at radius 2 is 0.929 bits per heavy atom. The third kappa shape index (κ3) is 3.01. The first-order valence-corrected chi connectivity index (χ1v) is 4.23. The Morgan fingerprint density at radius 3 is 1.29 bits per heavy atom. The molecule has 0 spiro atoms. The van der Waals surface area contributed by atoms with Crippen LogP contribution in [0.3, 0.4) is 0 Å². The zero-order valence-corrected chi connectivity index (χ0v) is 9.77. The van der Waals surface area contributed by atoms with Gasteiger partial charge in [-0.25, -0.2) is 0 Å². The van der Waals surface area contributed by atoms with E-state index >= 15 is 0 Å². The van der Waals surface area contributed by atoms with Crippen molar-refractivity contribution in [1.29, 1.82) is 0 Å². The molecule has 0 N–H and O–H groups in total. The van der Waals surface area contributed by atoms with Crippen LogP contribution >= 0.6 is 0 Å². The maximum Gasteiger partial charge on any atom is 0.127 e. The molecule has 0 unspecified atom stereocenters. The van der Waals surface area contributed by atoms with Gasteiger partial charge in [0.25, 0.3) is 0 Å². The summed E-state index contributed by atoms with van der Waals surface area (Å²) in [4.78, 5) is 0. The van der Waals surface area contributed by atoms with Gasteiger partial charge in [-0.2, -0.15) is 0 Å². The van der Waals surface area contributed by atoms with Crippen LogP contribution in [0.25, 0.3) is 0 Å². The average molecular weight is 365 g/mol. The van der Waals surface area contributed by atoms with Crippen LogP contribution in [0.2, 0.25) is 0 Å². The summed E-state index contributed by atoms with van der Waals surface area (Å²) in [5.74, 6) is 1.74. The van der Waals surface area contributed by atoms with Gasteiger partial charge in [-0.3, -0.25) is 0 Å². The van der Waals surface area contributed by atoms with E-state index < -0.39 is 0 Å². The van der Waals surface area contributed by atoms with Crippen LogP contribution in [0.15, 0.2) is 60.7 Å². The quantitative estimate of drug-likeness (QED) is 0.792. The van der Waals surface area contributed by atoms with Crippen molar-refractivity contribution in [1.82, 2.24) is 0 Å². The van der Waals surface area contributed by atoms with Crippen LogP contribution in [-0.4, -0.2) is 0 Å². The Kier molecular flexibility index (Phi) is 4.41. The molecule has 14 heavy (non-hydrogen) atoms. The maximum atomic E-state index is 5.58. The Hall–Kier alpha value is -1.07. The van der Waals surface area contributed by atoms with Gasteiger partial charge in [0.05, 0.1) is 0 Å². The van der Waals surface area contributed by atoms with E-state index in [9.17, 15) is 0 Å². The molecule has 0 heterocycles. The van der Waals surface area contributed by atoms with Gasteiger partial charge in [0.1, 0.15) is 11.5 Å². The normalized spacial score (nSPS) is 8.86. The van der Waals surface area contributed by atoms with Crippen molar-refractivity contribution in [2.75, 3.05) is 0 Å². The van der Waals surface area contributed by atoms with Gasteiger partial charge in [0.2, 0.25) is 0 Å². The van der Waals surface area contributed by atoms with Crippen molar-refractivity contribution in [2.24, 2.45) is 0 Å². The van der Waals surface area contributed by atoms with Gasteiger partial charge in [-0.05, 0) is 24.3 Å². The van der Waals surface area contributed by atoms with Gasteiger partial charge in [-0.15, -0.1) is 0 Å². The van der Waals surface area contributed by atoms with Gasteiger partial charge >= 0.3 is 0 Å². The van der Waals surface area contributed by atoms with Crippen LogP contribution in [-0.2, 0) is 21.1 Å². The summed E-state index contributed by atoms with van der Waals surface area (Å²) in [7, 11) is 0. The Morgan fingerprint density at radius 1 is 0.571 bits per heavy atom. The van der Waals surface area contributed by atoms with Crippen molar-refractivity contribution in [3.05, 3.63) is 60.7 Å². The zero-order chi connectivity index (χ0) is 8.93. The Labute approximate surface area is 98.0 Å². The summed E-state index contributed by atoms with van der Waals surface area (Å²) < 4.78 is 5.58. The first-order chi connectivity index (χ1) is 6.45. The summed E-state index contributed by atoms with van der Waals surface area (Å²) in [6, 6.07) is 19.5. The summed E-state index contributed by atoms with van der Waals surface area (Å²) in [6.45, 7) is 0. The first kappa shape index (κ1) is 11.0. The van der Waals surface area contributed by atoms with Crippen molar-refractivity contribution in [2.45, 2.75) is 0 Å². The molecular weight excluding hydrogens is 355 g/mol. The second kappa shape index (κ2) is 5.61. The van der Waals surface area contributed by atoms with Gasteiger partial charge < -0.3 is 4.74 Å². The van der Waals surface area contributed by atoms with Crippen molar-refractivity contribution < 1.29 is 25.8 Å². The molecule has 74 valence electrons. The molecule has 0 aliphatic heterocycles. The molecule has 0 aliphatic rings. The van der Waals surface area contributed by atoms with E-state index in [4.69, 9.17) is 4.74 Å². The zero-order valence-electron chi connectivity index (χ0n) is 7.50. The predicted molar refractivity (Wildman–Crippen MR) is 53.0 cm³/mol. The van der Waals surface area contributed by atoms with Crippen LogP contribution in [0.4, 0.5) is 0 Å². The van der Waals surface area contributed by atoms with Crippen LogP contribution in [0.1, 0.15) is 0 Å². The van der Waals surface area contributed by atoms with Gasteiger partial charge in [-0.1, -0.05) is 36.4 Å². The fourth-order valence-corrected chi connectivity index (χ4v) is 1.11. The van der Waals surface area contributed by atoms with Crippen LogP contribution in [0, 0.1) is 0 Å². The van der Waals surface area contributed by atoms with Gasteiger partial charge in [0, 0.05) is 21.1 Å². The number of hydrogen-bond donors (Lipinski definition) is 0. The summed E-state index contributed by atoms with van der Waals surface area (Å²) in [5.41, 5.74) is 0. The Bertz CT molecular complexity index is 321. The second-order valence-corrected chi connectivity index (χ2v) is 2.73. The van der Waals surface area contributed by atoms with Crippen molar-refractivity contribution in [3.63, 3.8) is 0 Å². The molecule has 0 saturated carbocycles. The van der Waals surface area contributed by atoms with Crippen molar-refractivity contribution >= 4 is 0 Å². The molecule has 0 fully saturated rings. The summed E-state index contributed by atoms with van der Waals surface area (Å²) in [5, 5.41) is 0. The van der Waals surface area contributed by atoms with E-state index in [1.54, 1.807) is 0 Å². The molecule has 2 rings (SSSR count). The monoisotopic (exact) mass is 365 g/mol. The first-order valence-electron chi connectivity index (χ1n) is 4.23. The molecule has 0 aromatic heterocycles. The molecule has 0 atom stereocenters. The minimum atomic E-state index is 0. The fraction of sp³-hybridized carbons (Fsp3) is 0. The van der Waals surface area contributed by atoms with Crippen LogP contribution in [0.5, 0.6) is 11.5 Å². The van der Waals surface area contributed by atoms with E-state index in [1.807, 2.05) is 60.7 Å². The number of ether oxygens (including phenoxy) is 1. The van der Waals surface area contributed by atoms with E-state index in [0.717, 1.165) is 11.5 Å². The number of hydrogen-bond acceptors (Lipinski definition) is 1. The number of benzene rings is 2. The standard InChI is InChI=1S/C12H10O.Pt/c1-3-7-11(8-4-1)13-12-9-5-2-6-10-12;/h1-10H;. The van der Waals surface area contributed by atoms with E-state index in [-0.39, 0.29) is 21.1 Å². The average Bonchev–Trinajstić information content (AvgIpc) is 2.21. The molecule has 0 amide bonds. The predicted octanol–water partition coefficient (Wildman–Crippen LogP) is 3.48. The molecule has 0 saturated heterocycles. The van der Waals surface area contributed by atoms with E-state index in [2.05, 4.69) is 0 Å². The molecule has 2 heteroatoms. The number of para-hydroxylation sites is 2. The third-order valence-electron chi connectivity index (χ3n) is 1.72. The molecule has 0 aliphatic carbocycles. The fourth-order valence-electron chi connectivity index (χ4n) is 1.11. The smallest absolute Gasteiger partial charge is 0.127 e. The molecule has 1 nitrogen and oxygen atoms in total. The largest absolute Gasteiger partial charge is 0.457 e. The molecular formula is C12H10OPt. The molecule has 2 aromatic carbocycles. The SMILES string of the molecule is [Pt].c1ccc(Oc2ccccc2)cc1. The second-order valence-electron chi connectivity index (χ2n) is 2.73. The van der Waals surface area contributed by atoms with Crippen LogP contribution < -0.4 is 4.74 Å². The minimum Gasteiger partial charge on any atom is -0.457 e. The molecule has 2 aromatic rings. The Balaban J connectivity index is 0.000000980. The van der Waals surface area contributed by atoms with E-state index in [0.29, 0.717) is 0 Å². The minimum absolute atomic E-state index is 0. The van der Waals surface area contributed by atoms with Gasteiger partial charge in [0.15, 0.2) is 0 Å². The van der Waals surface area contributed by atoms with E-state index in [1.165, 1.54) is 0 Å². The number of rotatable bonds is 2. The van der Waals surface area contributed by atoms with Crippen molar-refractivity contribution in [3.8, 4) is 11.5 Å². The molecule has 0 radical (unpaired) electrons. The maximum absolute atomic E-state index is 5.58. The third-order valence-corrected chi connectivity index (χ3v) is 1.72. The summed E-state index contributed by atoms with van der Waals surface area (Å²) in [6.07, 6.45) is 0. The molecule has 0 bridgehead atoms.